The van der Waals surface area contributed by atoms with Gasteiger partial charge in [0, 0.05) is 24.0 Å². The van der Waals surface area contributed by atoms with Crippen molar-refractivity contribution in [1.82, 2.24) is 4.98 Å². The monoisotopic (exact) mass is 192 g/mol. The molecule has 1 fully saturated rings. The normalized spacial score (nSPS) is 16.9. The van der Waals surface area contributed by atoms with Crippen molar-refractivity contribution in [3.05, 3.63) is 18.3 Å². The van der Waals surface area contributed by atoms with Crippen LogP contribution >= 0.6 is 0 Å². The fraction of sp³-hybridized carbons (Fsp3) is 0.500. The van der Waals surface area contributed by atoms with Crippen LogP contribution in [0.2, 0.25) is 0 Å². The second kappa shape index (κ2) is 4.28. The summed E-state index contributed by atoms with van der Waals surface area (Å²) >= 11 is 0. The Bertz CT molecular complexity index is 294. The molecule has 0 bridgehead atoms. The zero-order chi connectivity index (χ0) is 9.80. The van der Waals surface area contributed by atoms with Gasteiger partial charge < -0.3 is 10.7 Å². The predicted octanol–water partition coefficient (Wildman–Crippen LogP) is 1.72. The maximum absolute atomic E-state index is 5.29. The molecule has 4 heteroatoms. The van der Waals surface area contributed by atoms with Crippen LogP contribution < -0.4 is 16.6 Å². The van der Waals surface area contributed by atoms with Crippen LogP contribution in [0.3, 0.4) is 0 Å². The lowest BCUT2D eigenvalue weighted by atomic mass is 10.2. The summed E-state index contributed by atoms with van der Waals surface area (Å²) in [6.45, 7) is 0. The van der Waals surface area contributed by atoms with Gasteiger partial charge in [0.1, 0.15) is 5.82 Å². The molecule has 4 nitrogen and oxygen atoms in total. The largest absolute Gasteiger partial charge is 0.382 e. The third-order valence-electron chi connectivity index (χ3n) is 2.63. The van der Waals surface area contributed by atoms with E-state index in [9.17, 15) is 0 Å². The summed E-state index contributed by atoms with van der Waals surface area (Å²) in [5.41, 5.74) is 3.64. The molecule has 0 atom stereocenters. The first-order valence-electron chi connectivity index (χ1n) is 5.08. The Kier molecular flexibility index (Phi) is 2.84. The van der Waals surface area contributed by atoms with Crippen LogP contribution in [0.15, 0.2) is 18.3 Å². The highest BCUT2D eigenvalue weighted by Gasteiger charge is 2.14. The zero-order valence-electron chi connectivity index (χ0n) is 8.16. The fourth-order valence-corrected chi connectivity index (χ4v) is 1.91. The predicted molar refractivity (Wildman–Crippen MR) is 57.9 cm³/mol. The topological polar surface area (TPSA) is 63.0 Å². The SMILES string of the molecule is NNc1cc(NC2CCCC2)ccn1. The maximum Gasteiger partial charge on any atom is 0.141 e. The van der Waals surface area contributed by atoms with E-state index in [0.29, 0.717) is 11.9 Å². The second-order valence-electron chi connectivity index (χ2n) is 3.70. The second-order valence-corrected chi connectivity index (χ2v) is 3.70. The van der Waals surface area contributed by atoms with Crippen molar-refractivity contribution in [2.24, 2.45) is 5.84 Å². The minimum absolute atomic E-state index is 0.628. The molecule has 1 heterocycles. The van der Waals surface area contributed by atoms with Crippen molar-refractivity contribution in [2.75, 3.05) is 10.7 Å². The van der Waals surface area contributed by atoms with E-state index in [0.717, 1.165) is 5.69 Å². The number of pyridine rings is 1. The van der Waals surface area contributed by atoms with Crippen molar-refractivity contribution in [2.45, 2.75) is 31.7 Å². The molecule has 1 aromatic heterocycles. The van der Waals surface area contributed by atoms with Gasteiger partial charge in [-0.15, -0.1) is 0 Å². The molecule has 0 aliphatic heterocycles. The molecule has 1 saturated carbocycles. The molecule has 14 heavy (non-hydrogen) atoms. The Labute approximate surface area is 83.9 Å². The average molecular weight is 192 g/mol. The molecule has 0 saturated heterocycles. The number of anilines is 2. The number of nitrogens with one attached hydrogen (secondary N) is 2. The van der Waals surface area contributed by atoms with Crippen LogP contribution in [0.1, 0.15) is 25.7 Å². The van der Waals surface area contributed by atoms with Gasteiger partial charge in [-0.25, -0.2) is 10.8 Å². The Balaban J connectivity index is 2.00. The first-order chi connectivity index (χ1) is 6.88. The van der Waals surface area contributed by atoms with Crippen molar-refractivity contribution in [3.63, 3.8) is 0 Å². The van der Waals surface area contributed by atoms with E-state index in [1.54, 1.807) is 6.20 Å². The number of nitrogens with zero attached hydrogens (tertiary/aromatic N) is 1. The summed E-state index contributed by atoms with van der Waals surface area (Å²) in [4.78, 5) is 4.06. The highest BCUT2D eigenvalue weighted by molar-refractivity contribution is 5.51. The first kappa shape index (κ1) is 9.27. The summed E-state index contributed by atoms with van der Waals surface area (Å²) in [5, 5.41) is 3.48. The van der Waals surface area contributed by atoms with Gasteiger partial charge in [0.25, 0.3) is 0 Å². The number of aromatic nitrogens is 1. The van der Waals surface area contributed by atoms with Crippen molar-refractivity contribution < 1.29 is 0 Å². The number of hydrogen-bond donors (Lipinski definition) is 3. The summed E-state index contributed by atoms with van der Waals surface area (Å²) in [6.07, 6.45) is 6.98. The fourth-order valence-electron chi connectivity index (χ4n) is 1.91. The van der Waals surface area contributed by atoms with Gasteiger partial charge in [0.05, 0.1) is 0 Å². The molecular formula is C10H16N4. The Morgan fingerprint density at radius 2 is 2.14 bits per heavy atom. The molecule has 0 aromatic carbocycles. The third kappa shape index (κ3) is 2.14. The van der Waals surface area contributed by atoms with E-state index in [4.69, 9.17) is 5.84 Å². The summed E-state index contributed by atoms with van der Waals surface area (Å²) in [5.74, 6) is 5.99. The van der Waals surface area contributed by atoms with E-state index in [1.165, 1.54) is 25.7 Å². The van der Waals surface area contributed by atoms with E-state index >= 15 is 0 Å². The molecule has 76 valence electrons. The summed E-state index contributed by atoms with van der Waals surface area (Å²) < 4.78 is 0. The van der Waals surface area contributed by atoms with Gasteiger partial charge in [-0.2, -0.15) is 0 Å². The van der Waals surface area contributed by atoms with Crippen LogP contribution in [-0.2, 0) is 0 Å². The van der Waals surface area contributed by atoms with Crippen LogP contribution in [0.4, 0.5) is 11.5 Å². The quantitative estimate of drug-likeness (QED) is 0.504. The molecular weight excluding hydrogens is 176 g/mol. The van der Waals surface area contributed by atoms with E-state index in [2.05, 4.69) is 15.7 Å². The van der Waals surface area contributed by atoms with Gasteiger partial charge in [0.2, 0.25) is 0 Å². The smallest absolute Gasteiger partial charge is 0.141 e. The minimum Gasteiger partial charge on any atom is -0.382 e. The van der Waals surface area contributed by atoms with Crippen molar-refractivity contribution in [1.29, 1.82) is 0 Å². The lowest BCUT2D eigenvalue weighted by Gasteiger charge is -2.13. The first-order valence-corrected chi connectivity index (χ1v) is 5.08. The molecule has 0 spiro atoms. The van der Waals surface area contributed by atoms with Gasteiger partial charge in [-0.1, -0.05) is 12.8 Å². The van der Waals surface area contributed by atoms with Crippen molar-refractivity contribution >= 4 is 11.5 Å². The number of rotatable bonds is 3. The number of hydrogen-bond acceptors (Lipinski definition) is 4. The molecule has 1 aromatic rings. The molecule has 1 aliphatic rings. The summed E-state index contributed by atoms with van der Waals surface area (Å²) in [7, 11) is 0. The van der Waals surface area contributed by atoms with Crippen LogP contribution in [0.25, 0.3) is 0 Å². The van der Waals surface area contributed by atoms with Crippen LogP contribution in [-0.4, -0.2) is 11.0 Å². The van der Waals surface area contributed by atoms with E-state index in [1.807, 2.05) is 12.1 Å². The standard InChI is InChI=1S/C10H16N4/c11-14-10-7-9(5-6-12-10)13-8-3-1-2-4-8/h5-8H,1-4,11H2,(H2,12,13,14). The van der Waals surface area contributed by atoms with Gasteiger partial charge in [0.15, 0.2) is 0 Å². The van der Waals surface area contributed by atoms with Gasteiger partial charge >= 0.3 is 0 Å². The van der Waals surface area contributed by atoms with E-state index < -0.39 is 0 Å². The molecule has 4 N–H and O–H groups in total. The Morgan fingerprint density at radius 1 is 1.36 bits per heavy atom. The molecule has 0 unspecified atom stereocenters. The Morgan fingerprint density at radius 3 is 2.86 bits per heavy atom. The highest BCUT2D eigenvalue weighted by Crippen LogP contribution is 2.22. The molecule has 1 aliphatic carbocycles. The van der Waals surface area contributed by atoms with Gasteiger partial charge in [-0.05, 0) is 18.9 Å². The lowest BCUT2D eigenvalue weighted by Crippen LogP contribution is -2.15. The summed E-state index contributed by atoms with van der Waals surface area (Å²) in [6, 6.07) is 4.53. The molecule has 0 amide bonds. The Hall–Kier alpha value is -1.29. The van der Waals surface area contributed by atoms with Crippen LogP contribution in [0, 0.1) is 0 Å². The lowest BCUT2D eigenvalue weighted by molar-refractivity contribution is 0.755. The average Bonchev–Trinajstić information content (AvgIpc) is 2.71. The number of hydrazine groups is 1. The number of nitrogens with two attached hydrogens (primary N) is 1. The number of nitrogen functional groups attached to an aromatic ring is 1. The zero-order valence-corrected chi connectivity index (χ0v) is 8.16. The van der Waals surface area contributed by atoms with Crippen molar-refractivity contribution in [3.8, 4) is 0 Å². The third-order valence-corrected chi connectivity index (χ3v) is 2.63. The molecule has 0 radical (unpaired) electrons. The molecule has 2 rings (SSSR count). The minimum atomic E-state index is 0.628. The maximum atomic E-state index is 5.29. The van der Waals surface area contributed by atoms with E-state index in [-0.39, 0.29) is 0 Å². The highest BCUT2D eigenvalue weighted by atomic mass is 15.2. The van der Waals surface area contributed by atoms with Crippen LogP contribution in [0.5, 0.6) is 0 Å². The van der Waals surface area contributed by atoms with Gasteiger partial charge in [-0.3, -0.25) is 0 Å².